The number of alkyl halides is 1. The van der Waals surface area contributed by atoms with Crippen molar-refractivity contribution in [3.63, 3.8) is 0 Å². The van der Waals surface area contributed by atoms with E-state index in [1.807, 2.05) is 0 Å². The van der Waals surface area contributed by atoms with Crippen LogP contribution in [0.3, 0.4) is 0 Å². The van der Waals surface area contributed by atoms with Gasteiger partial charge in [0, 0.05) is 10.6 Å². The van der Waals surface area contributed by atoms with Crippen LogP contribution in [0.1, 0.15) is 18.5 Å². The van der Waals surface area contributed by atoms with Crippen LogP contribution in [0.5, 0.6) is 5.75 Å². The normalized spacial score (nSPS) is 14.1. The van der Waals surface area contributed by atoms with E-state index in [2.05, 4.69) is 4.74 Å². The van der Waals surface area contributed by atoms with Gasteiger partial charge in [-0.15, -0.1) is 0 Å². The lowest BCUT2D eigenvalue weighted by molar-refractivity contribution is -0.149. The summed E-state index contributed by atoms with van der Waals surface area (Å²) >= 11 is 11.4. The molecule has 18 heavy (non-hydrogen) atoms. The molecule has 3 N–H and O–H groups in total. The molecule has 4 nitrogen and oxygen atoms in total. The number of rotatable bonds is 4. The number of phenolic OH excluding ortho intramolecular Hbond substituents is 1. The first-order chi connectivity index (χ1) is 8.38. The van der Waals surface area contributed by atoms with E-state index in [0.717, 1.165) is 0 Å². The average Bonchev–Trinajstić information content (AvgIpc) is 2.32. The maximum atomic E-state index is 13.7. The van der Waals surface area contributed by atoms with Gasteiger partial charge in [-0.2, -0.15) is 0 Å². The minimum Gasteiger partial charge on any atom is -0.506 e. The van der Waals surface area contributed by atoms with E-state index < -0.39 is 23.9 Å². The fraction of sp³-hybridized carbons (Fsp3) is 0.364. The highest BCUT2D eigenvalue weighted by Gasteiger charge is 2.30. The van der Waals surface area contributed by atoms with E-state index in [1.165, 1.54) is 12.1 Å². The molecule has 0 heterocycles. The molecule has 0 fully saturated rings. The smallest absolute Gasteiger partial charge is 0.342 e. The highest BCUT2D eigenvalue weighted by atomic mass is 35.5. The molecule has 100 valence electrons. The van der Waals surface area contributed by atoms with Crippen molar-refractivity contribution in [3.05, 3.63) is 27.7 Å². The third-order valence-electron chi connectivity index (χ3n) is 2.24. The summed E-state index contributed by atoms with van der Waals surface area (Å²) in [5.41, 5.74) is 5.51. The van der Waals surface area contributed by atoms with Crippen LogP contribution in [-0.2, 0) is 9.53 Å². The highest BCUT2D eigenvalue weighted by molar-refractivity contribution is 6.35. The first kappa shape index (κ1) is 15.0. The largest absolute Gasteiger partial charge is 0.506 e. The standard InChI is InChI=1S/C11H12Cl2FNO3/c1-2-18-11(17)8(14)9(15)6-3-5(12)4-7(13)10(6)16/h3-4,8-9,16H,2,15H2,1H3/t8?,9-/m1/s1. The van der Waals surface area contributed by atoms with Crippen LogP contribution >= 0.6 is 23.2 Å². The molecule has 2 atom stereocenters. The molecule has 0 spiro atoms. The summed E-state index contributed by atoms with van der Waals surface area (Å²) < 4.78 is 18.2. The van der Waals surface area contributed by atoms with Crippen molar-refractivity contribution in [1.82, 2.24) is 0 Å². The molecule has 0 radical (unpaired) electrons. The van der Waals surface area contributed by atoms with Crippen LogP contribution in [-0.4, -0.2) is 23.9 Å². The van der Waals surface area contributed by atoms with Crippen LogP contribution < -0.4 is 5.73 Å². The van der Waals surface area contributed by atoms with Crippen LogP contribution in [0.4, 0.5) is 4.39 Å². The monoisotopic (exact) mass is 295 g/mol. The van der Waals surface area contributed by atoms with Gasteiger partial charge in [-0.1, -0.05) is 23.2 Å². The number of hydrogen-bond acceptors (Lipinski definition) is 4. The molecule has 0 amide bonds. The molecule has 1 unspecified atom stereocenters. The number of nitrogens with two attached hydrogens (primary N) is 1. The zero-order valence-electron chi connectivity index (χ0n) is 9.49. The van der Waals surface area contributed by atoms with Gasteiger partial charge in [0.05, 0.1) is 17.7 Å². The van der Waals surface area contributed by atoms with Crippen LogP contribution in [0.2, 0.25) is 10.0 Å². The minimum absolute atomic E-state index is 0.0360. The third-order valence-corrected chi connectivity index (χ3v) is 2.75. The number of ether oxygens (including phenoxy) is 1. The van der Waals surface area contributed by atoms with Gasteiger partial charge in [0.25, 0.3) is 0 Å². The van der Waals surface area contributed by atoms with Gasteiger partial charge in [-0.3, -0.25) is 0 Å². The molecule has 1 aromatic rings. The van der Waals surface area contributed by atoms with Gasteiger partial charge < -0.3 is 15.6 Å². The lowest BCUT2D eigenvalue weighted by Gasteiger charge is -2.17. The maximum Gasteiger partial charge on any atom is 0.342 e. The van der Waals surface area contributed by atoms with Gasteiger partial charge in [0.1, 0.15) is 5.75 Å². The Morgan fingerprint density at radius 1 is 1.56 bits per heavy atom. The Labute approximate surface area is 113 Å². The molecule has 1 aromatic carbocycles. The van der Waals surface area contributed by atoms with Crippen molar-refractivity contribution in [3.8, 4) is 5.75 Å². The van der Waals surface area contributed by atoms with Crippen molar-refractivity contribution in [1.29, 1.82) is 0 Å². The topological polar surface area (TPSA) is 72.5 Å². The second-order valence-corrected chi connectivity index (χ2v) is 4.35. The lowest BCUT2D eigenvalue weighted by atomic mass is 10.0. The third kappa shape index (κ3) is 3.25. The molecule has 7 heteroatoms. The first-order valence-electron chi connectivity index (χ1n) is 5.12. The minimum atomic E-state index is -2.11. The van der Waals surface area contributed by atoms with Gasteiger partial charge >= 0.3 is 5.97 Å². The number of aromatic hydroxyl groups is 1. The highest BCUT2D eigenvalue weighted by Crippen LogP contribution is 2.35. The first-order valence-corrected chi connectivity index (χ1v) is 5.88. The zero-order chi connectivity index (χ0) is 13.9. The van der Waals surface area contributed by atoms with Crippen LogP contribution in [0.15, 0.2) is 12.1 Å². The predicted molar refractivity (Wildman–Crippen MR) is 66.6 cm³/mol. The number of halogens is 3. The Kier molecular flexibility index (Phi) is 5.19. The fourth-order valence-electron chi connectivity index (χ4n) is 1.37. The van der Waals surface area contributed by atoms with E-state index in [9.17, 15) is 14.3 Å². The Morgan fingerprint density at radius 3 is 2.72 bits per heavy atom. The Balaban J connectivity index is 3.03. The fourth-order valence-corrected chi connectivity index (χ4v) is 1.88. The van der Waals surface area contributed by atoms with Gasteiger partial charge in [0.2, 0.25) is 6.17 Å². The molecule has 1 rings (SSSR count). The second-order valence-electron chi connectivity index (χ2n) is 3.51. The van der Waals surface area contributed by atoms with E-state index in [-0.39, 0.29) is 22.2 Å². The summed E-state index contributed by atoms with van der Waals surface area (Å²) in [6.45, 7) is 1.58. The van der Waals surface area contributed by atoms with Crippen molar-refractivity contribution in [2.45, 2.75) is 19.1 Å². The SMILES string of the molecule is CCOC(=O)C(F)[C@H](N)c1cc(Cl)cc(Cl)c1O. The summed E-state index contributed by atoms with van der Waals surface area (Å²) in [5, 5.41) is 9.78. The van der Waals surface area contributed by atoms with E-state index in [4.69, 9.17) is 28.9 Å². The summed E-state index contributed by atoms with van der Waals surface area (Å²) in [6, 6.07) is 1.13. The Hall–Kier alpha value is -1.04. The molecular formula is C11H12Cl2FNO3. The molecular weight excluding hydrogens is 284 g/mol. The molecule has 0 aliphatic carbocycles. The Morgan fingerprint density at radius 2 is 2.17 bits per heavy atom. The number of benzene rings is 1. The number of phenols is 1. The number of carbonyl (C=O) groups is 1. The molecule has 0 saturated carbocycles. The zero-order valence-corrected chi connectivity index (χ0v) is 11.0. The predicted octanol–water partition coefficient (Wildman–Crippen LogP) is 2.60. The van der Waals surface area contributed by atoms with Crippen LogP contribution in [0, 0.1) is 0 Å². The molecule has 0 aliphatic rings. The van der Waals surface area contributed by atoms with E-state index in [1.54, 1.807) is 6.92 Å². The summed E-state index contributed by atoms with van der Waals surface area (Å²) in [7, 11) is 0. The van der Waals surface area contributed by atoms with Crippen molar-refractivity contribution in [2.75, 3.05) is 6.61 Å². The van der Waals surface area contributed by atoms with Crippen molar-refractivity contribution >= 4 is 29.2 Å². The summed E-state index contributed by atoms with van der Waals surface area (Å²) in [5.74, 6) is -1.50. The quantitative estimate of drug-likeness (QED) is 0.838. The lowest BCUT2D eigenvalue weighted by Crippen LogP contribution is -2.31. The number of esters is 1. The van der Waals surface area contributed by atoms with E-state index >= 15 is 0 Å². The van der Waals surface area contributed by atoms with Gasteiger partial charge in [-0.25, -0.2) is 9.18 Å². The van der Waals surface area contributed by atoms with Gasteiger partial charge in [0.15, 0.2) is 0 Å². The maximum absolute atomic E-state index is 13.7. The molecule has 0 bridgehead atoms. The molecule has 0 aromatic heterocycles. The van der Waals surface area contributed by atoms with Crippen molar-refractivity contribution in [2.24, 2.45) is 5.73 Å². The van der Waals surface area contributed by atoms with E-state index in [0.29, 0.717) is 0 Å². The number of carbonyl (C=O) groups excluding carboxylic acids is 1. The Bertz CT molecular complexity index is 456. The number of hydrogen-bond donors (Lipinski definition) is 2. The average molecular weight is 296 g/mol. The summed E-state index contributed by atoms with van der Waals surface area (Å²) in [6.07, 6.45) is -2.11. The second kappa shape index (κ2) is 6.22. The van der Waals surface area contributed by atoms with Gasteiger partial charge in [-0.05, 0) is 19.1 Å². The van der Waals surface area contributed by atoms with Crippen LogP contribution in [0.25, 0.3) is 0 Å². The summed E-state index contributed by atoms with van der Waals surface area (Å²) in [4.78, 5) is 11.2. The molecule has 0 saturated heterocycles. The molecule has 0 aliphatic heterocycles. The van der Waals surface area contributed by atoms with Crippen molar-refractivity contribution < 1.29 is 19.0 Å².